The Bertz CT molecular complexity index is 242. The van der Waals surface area contributed by atoms with Gasteiger partial charge in [0.2, 0.25) is 5.91 Å². The Morgan fingerprint density at radius 1 is 1.41 bits per heavy atom. The summed E-state index contributed by atoms with van der Waals surface area (Å²) >= 11 is 0. The number of nitrogens with zero attached hydrogens (tertiary/aromatic N) is 1. The topological polar surface area (TPSA) is 61.8 Å². The number of hydrogen-bond donors (Lipinski definition) is 2. The first-order chi connectivity index (χ1) is 8.07. The lowest BCUT2D eigenvalue weighted by Gasteiger charge is -2.39. The van der Waals surface area contributed by atoms with Crippen LogP contribution in [0.3, 0.4) is 0 Å². The van der Waals surface area contributed by atoms with Crippen molar-refractivity contribution in [2.75, 3.05) is 39.9 Å². The van der Waals surface area contributed by atoms with E-state index in [1.807, 2.05) is 6.92 Å². The van der Waals surface area contributed by atoms with Crippen LogP contribution >= 0.6 is 0 Å². The molecule has 1 fully saturated rings. The van der Waals surface area contributed by atoms with Gasteiger partial charge in [0, 0.05) is 33.3 Å². The summed E-state index contributed by atoms with van der Waals surface area (Å²) in [6.45, 7) is 4.77. The predicted octanol–water partition coefficient (Wildman–Crippen LogP) is -0.0141. The highest BCUT2D eigenvalue weighted by atomic mass is 16.5. The molecule has 0 aromatic carbocycles. The SMILES string of the molecule is CN(CCCCCO)C(=O)COC1(C)CNC1. The van der Waals surface area contributed by atoms with Crippen LogP contribution in [-0.2, 0) is 9.53 Å². The smallest absolute Gasteiger partial charge is 0.248 e. The van der Waals surface area contributed by atoms with E-state index in [9.17, 15) is 4.79 Å². The normalized spacial score (nSPS) is 17.6. The lowest BCUT2D eigenvalue weighted by Crippen LogP contribution is -2.59. The quantitative estimate of drug-likeness (QED) is 0.589. The number of aliphatic hydroxyl groups excluding tert-OH is 1. The summed E-state index contributed by atoms with van der Waals surface area (Å²) in [5.41, 5.74) is -0.159. The molecule has 0 saturated carbocycles. The Hall–Kier alpha value is -0.650. The van der Waals surface area contributed by atoms with Gasteiger partial charge in [-0.05, 0) is 26.2 Å². The molecule has 0 bridgehead atoms. The molecule has 0 aliphatic carbocycles. The minimum absolute atomic E-state index is 0.0297. The number of hydrogen-bond acceptors (Lipinski definition) is 4. The Labute approximate surface area is 103 Å². The zero-order chi connectivity index (χ0) is 12.7. The van der Waals surface area contributed by atoms with Crippen LogP contribution in [0.25, 0.3) is 0 Å². The van der Waals surface area contributed by atoms with E-state index in [0.717, 1.165) is 38.9 Å². The van der Waals surface area contributed by atoms with Gasteiger partial charge >= 0.3 is 0 Å². The average Bonchev–Trinajstić information content (AvgIpc) is 2.28. The lowest BCUT2D eigenvalue weighted by molar-refractivity contribution is -0.144. The van der Waals surface area contributed by atoms with Crippen LogP contribution in [0.1, 0.15) is 26.2 Å². The average molecular weight is 244 g/mol. The molecule has 1 saturated heterocycles. The molecule has 0 aromatic rings. The Morgan fingerprint density at radius 2 is 2.12 bits per heavy atom. The van der Waals surface area contributed by atoms with Gasteiger partial charge in [-0.1, -0.05) is 0 Å². The summed E-state index contributed by atoms with van der Waals surface area (Å²) in [5, 5.41) is 11.8. The van der Waals surface area contributed by atoms with Crippen LogP contribution in [0.4, 0.5) is 0 Å². The summed E-state index contributed by atoms with van der Waals surface area (Å²) in [4.78, 5) is 13.4. The molecule has 0 radical (unpaired) electrons. The number of carbonyl (C=O) groups excluding carboxylic acids is 1. The van der Waals surface area contributed by atoms with Crippen molar-refractivity contribution in [3.8, 4) is 0 Å². The molecule has 100 valence electrons. The Balaban J connectivity index is 2.09. The maximum Gasteiger partial charge on any atom is 0.248 e. The number of unbranched alkanes of at least 4 members (excludes halogenated alkanes) is 2. The fourth-order valence-electron chi connectivity index (χ4n) is 1.69. The van der Waals surface area contributed by atoms with E-state index >= 15 is 0 Å². The third-order valence-electron chi connectivity index (χ3n) is 3.12. The highest BCUT2D eigenvalue weighted by molar-refractivity contribution is 5.77. The molecule has 17 heavy (non-hydrogen) atoms. The maximum atomic E-state index is 11.7. The van der Waals surface area contributed by atoms with Gasteiger partial charge in [0.1, 0.15) is 6.61 Å². The van der Waals surface area contributed by atoms with Crippen LogP contribution < -0.4 is 5.32 Å². The highest BCUT2D eigenvalue weighted by Crippen LogP contribution is 2.14. The molecule has 0 aromatic heterocycles. The third-order valence-corrected chi connectivity index (χ3v) is 3.12. The minimum Gasteiger partial charge on any atom is -0.396 e. The van der Waals surface area contributed by atoms with Gasteiger partial charge in [-0.3, -0.25) is 4.79 Å². The van der Waals surface area contributed by atoms with Crippen molar-refractivity contribution in [2.45, 2.75) is 31.8 Å². The van der Waals surface area contributed by atoms with Gasteiger partial charge < -0.3 is 20.1 Å². The van der Waals surface area contributed by atoms with Crippen molar-refractivity contribution in [1.82, 2.24) is 10.2 Å². The van der Waals surface area contributed by atoms with E-state index in [2.05, 4.69) is 5.32 Å². The largest absolute Gasteiger partial charge is 0.396 e. The predicted molar refractivity (Wildman–Crippen MR) is 65.8 cm³/mol. The van der Waals surface area contributed by atoms with E-state index in [1.54, 1.807) is 11.9 Å². The zero-order valence-electron chi connectivity index (χ0n) is 10.9. The van der Waals surface area contributed by atoms with Crippen LogP contribution in [0.15, 0.2) is 0 Å². The summed E-state index contributed by atoms with van der Waals surface area (Å²) in [7, 11) is 1.80. The second-order valence-electron chi connectivity index (χ2n) is 4.94. The molecule has 1 aliphatic rings. The monoisotopic (exact) mass is 244 g/mol. The number of ether oxygens (including phenoxy) is 1. The summed E-state index contributed by atoms with van der Waals surface area (Å²) in [6.07, 6.45) is 2.69. The van der Waals surface area contributed by atoms with Crippen LogP contribution in [0, 0.1) is 0 Å². The van der Waals surface area contributed by atoms with Crippen molar-refractivity contribution in [3.05, 3.63) is 0 Å². The second kappa shape index (κ2) is 6.93. The van der Waals surface area contributed by atoms with Crippen molar-refractivity contribution in [2.24, 2.45) is 0 Å². The van der Waals surface area contributed by atoms with E-state index in [-0.39, 0.29) is 24.7 Å². The number of likely N-dealkylation sites (N-methyl/N-ethyl adjacent to an activating group) is 1. The number of aliphatic hydroxyl groups is 1. The first-order valence-electron chi connectivity index (χ1n) is 6.27. The van der Waals surface area contributed by atoms with Gasteiger partial charge in [-0.25, -0.2) is 0 Å². The first-order valence-corrected chi connectivity index (χ1v) is 6.27. The molecule has 0 atom stereocenters. The van der Waals surface area contributed by atoms with Gasteiger partial charge in [0.05, 0.1) is 5.60 Å². The molecule has 1 rings (SSSR count). The number of carbonyl (C=O) groups is 1. The minimum atomic E-state index is -0.159. The standard InChI is InChI=1S/C12H24N2O3/c1-12(9-13-10-12)17-8-11(16)14(2)6-4-3-5-7-15/h13,15H,3-10H2,1-2H3. The maximum absolute atomic E-state index is 11.7. The third kappa shape index (κ3) is 5.02. The van der Waals surface area contributed by atoms with Crippen molar-refractivity contribution in [1.29, 1.82) is 0 Å². The molecule has 0 unspecified atom stereocenters. The molecular weight excluding hydrogens is 220 g/mol. The van der Waals surface area contributed by atoms with Crippen molar-refractivity contribution < 1.29 is 14.6 Å². The molecule has 1 aliphatic heterocycles. The number of rotatable bonds is 8. The molecule has 0 spiro atoms. The second-order valence-corrected chi connectivity index (χ2v) is 4.94. The molecule has 2 N–H and O–H groups in total. The van der Waals surface area contributed by atoms with Crippen LogP contribution in [-0.4, -0.2) is 61.4 Å². The molecule has 1 heterocycles. The van der Waals surface area contributed by atoms with Gasteiger partial charge in [0.25, 0.3) is 0 Å². The van der Waals surface area contributed by atoms with E-state index < -0.39 is 0 Å². The van der Waals surface area contributed by atoms with Gasteiger partial charge in [-0.15, -0.1) is 0 Å². The lowest BCUT2D eigenvalue weighted by atomic mass is 10.0. The van der Waals surface area contributed by atoms with Crippen LogP contribution in [0.5, 0.6) is 0 Å². The summed E-state index contributed by atoms with van der Waals surface area (Å²) in [6, 6.07) is 0. The van der Waals surface area contributed by atoms with Crippen molar-refractivity contribution in [3.63, 3.8) is 0 Å². The summed E-state index contributed by atoms with van der Waals surface area (Å²) < 4.78 is 5.58. The molecule has 1 amide bonds. The molecule has 5 nitrogen and oxygen atoms in total. The molecule has 5 heteroatoms. The highest BCUT2D eigenvalue weighted by Gasteiger charge is 2.33. The van der Waals surface area contributed by atoms with Gasteiger partial charge in [-0.2, -0.15) is 0 Å². The van der Waals surface area contributed by atoms with E-state index in [1.165, 1.54) is 0 Å². The van der Waals surface area contributed by atoms with Crippen LogP contribution in [0.2, 0.25) is 0 Å². The fourth-order valence-corrected chi connectivity index (χ4v) is 1.69. The first kappa shape index (κ1) is 14.4. The number of amides is 1. The number of nitrogens with one attached hydrogen (secondary N) is 1. The Morgan fingerprint density at radius 3 is 2.65 bits per heavy atom. The fraction of sp³-hybridized carbons (Fsp3) is 0.917. The van der Waals surface area contributed by atoms with E-state index in [4.69, 9.17) is 9.84 Å². The van der Waals surface area contributed by atoms with Crippen molar-refractivity contribution >= 4 is 5.91 Å². The Kier molecular flexibility index (Phi) is 5.88. The van der Waals surface area contributed by atoms with Gasteiger partial charge in [0.15, 0.2) is 0 Å². The van der Waals surface area contributed by atoms with E-state index in [0.29, 0.717) is 0 Å². The molecular formula is C12H24N2O3. The zero-order valence-corrected chi connectivity index (χ0v) is 10.9. The summed E-state index contributed by atoms with van der Waals surface area (Å²) in [5.74, 6) is 0.0297.